The average molecular weight is 435 g/mol. The molecule has 5 nitrogen and oxygen atoms in total. The van der Waals surface area contributed by atoms with Crippen molar-refractivity contribution in [1.82, 2.24) is 0 Å². The predicted molar refractivity (Wildman–Crippen MR) is 121 cm³/mol. The van der Waals surface area contributed by atoms with Gasteiger partial charge in [0.1, 0.15) is 9.84 Å². The number of carbonyl (C=O) groups is 1. The zero-order chi connectivity index (χ0) is 22.0. The van der Waals surface area contributed by atoms with Gasteiger partial charge in [-0.2, -0.15) is 0 Å². The van der Waals surface area contributed by atoms with Crippen molar-refractivity contribution < 1.29 is 23.1 Å². The molecule has 29 heavy (non-hydrogen) atoms. The van der Waals surface area contributed by atoms with Crippen LogP contribution in [0.25, 0.3) is 0 Å². The fraction of sp³-hybridized carbons (Fsp3) is 0.957. The Balaban J connectivity index is 4.30. The SMILES string of the molecule is CCCCCOC(CCCCC)CCCC(CCCCCCC(=O)O)S(C)(=O)=O. The predicted octanol–water partition coefficient (Wildman–Crippen LogP) is 6.15. The van der Waals surface area contributed by atoms with E-state index in [-0.39, 0.29) is 17.8 Å². The topological polar surface area (TPSA) is 80.7 Å². The molecule has 6 heteroatoms. The summed E-state index contributed by atoms with van der Waals surface area (Å²) in [4.78, 5) is 10.5. The van der Waals surface area contributed by atoms with Gasteiger partial charge < -0.3 is 9.84 Å². The summed E-state index contributed by atoms with van der Waals surface area (Å²) >= 11 is 0. The smallest absolute Gasteiger partial charge is 0.303 e. The molecular weight excluding hydrogens is 388 g/mol. The van der Waals surface area contributed by atoms with Gasteiger partial charge in [-0.25, -0.2) is 8.42 Å². The van der Waals surface area contributed by atoms with Gasteiger partial charge in [-0.1, -0.05) is 65.2 Å². The standard InChI is InChI=1S/C23H46O5S/c1-4-6-10-15-21(28-20-13-7-5-2)16-14-18-22(29(3,26)27)17-11-8-9-12-19-23(24)25/h21-22H,4-20H2,1-3H3,(H,24,25). The minimum absolute atomic E-state index is 0.202. The van der Waals surface area contributed by atoms with Gasteiger partial charge in [-0.15, -0.1) is 0 Å². The summed E-state index contributed by atoms with van der Waals surface area (Å²) in [5.74, 6) is -0.760. The Morgan fingerprint density at radius 2 is 1.34 bits per heavy atom. The lowest BCUT2D eigenvalue weighted by Crippen LogP contribution is -2.21. The number of ether oxygens (including phenoxy) is 1. The number of carboxylic acids is 1. The van der Waals surface area contributed by atoms with Crippen molar-refractivity contribution in [2.24, 2.45) is 0 Å². The number of unbranched alkanes of at least 4 members (excludes halogenated alkanes) is 7. The van der Waals surface area contributed by atoms with Crippen LogP contribution in [0.4, 0.5) is 0 Å². The highest BCUT2D eigenvalue weighted by atomic mass is 32.2. The zero-order valence-electron chi connectivity index (χ0n) is 19.2. The molecule has 1 N–H and O–H groups in total. The van der Waals surface area contributed by atoms with E-state index in [0.29, 0.717) is 19.3 Å². The quantitative estimate of drug-likeness (QED) is 0.219. The highest BCUT2D eigenvalue weighted by Gasteiger charge is 2.20. The van der Waals surface area contributed by atoms with Crippen LogP contribution < -0.4 is 0 Å². The molecule has 0 bridgehead atoms. The minimum atomic E-state index is -3.05. The third-order valence-electron chi connectivity index (χ3n) is 5.56. The molecule has 2 atom stereocenters. The summed E-state index contributed by atoms with van der Waals surface area (Å²) in [6.07, 6.45) is 16.5. The molecule has 0 saturated heterocycles. The maximum absolute atomic E-state index is 12.2. The van der Waals surface area contributed by atoms with E-state index in [4.69, 9.17) is 9.84 Å². The number of hydrogen-bond donors (Lipinski definition) is 1. The van der Waals surface area contributed by atoms with Crippen LogP contribution in [0.5, 0.6) is 0 Å². The van der Waals surface area contributed by atoms with Crippen molar-refractivity contribution in [2.45, 2.75) is 128 Å². The Bertz CT molecular complexity index is 489. The molecular formula is C23H46O5S. The number of hydrogen-bond acceptors (Lipinski definition) is 4. The molecule has 0 spiro atoms. The van der Waals surface area contributed by atoms with E-state index in [1.54, 1.807) is 0 Å². The van der Waals surface area contributed by atoms with Gasteiger partial charge in [0.05, 0.1) is 11.4 Å². The minimum Gasteiger partial charge on any atom is -0.481 e. The first kappa shape index (κ1) is 28.4. The molecule has 0 aromatic carbocycles. The monoisotopic (exact) mass is 434 g/mol. The normalized spacial score (nSPS) is 14.0. The lowest BCUT2D eigenvalue weighted by Gasteiger charge is -2.20. The van der Waals surface area contributed by atoms with E-state index in [1.807, 2.05) is 0 Å². The van der Waals surface area contributed by atoms with Gasteiger partial charge in [0.2, 0.25) is 0 Å². The fourth-order valence-electron chi connectivity index (χ4n) is 3.68. The average Bonchev–Trinajstić information content (AvgIpc) is 2.64. The van der Waals surface area contributed by atoms with Gasteiger partial charge in [0, 0.05) is 19.3 Å². The second-order valence-electron chi connectivity index (χ2n) is 8.42. The summed E-state index contributed by atoms with van der Waals surface area (Å²) in [6.45, 7) is 5.21. The third kappa shape index (κ3) is 17.9. The summed E-state index contributed by atoms with van der Waals surface area (Å²) in [7, 11) is -3.05. The third-order valence-corrected chi connectivity index (χ3v) is 7.24. The van der Waals surface area contributed by atoms with Crippen LogP contribution in [0.1, 0.15) is 117 Å². The molecule has 0 saturated carbocycles. The highest BCUT2D eigenvalue weighted by Crippen LogP contribution is 2.21. The number of carboxylic acid groups (broad SMARTS) is 1. The van der Waals surface area contributed by atoms with E-state index in [9.17, 15) is 13.2 Å². The van der Waals surface area contributed by atoms with Crippen molar-refractivity contribution in [1.29, 1.82) is 0 Å². The molecule has 0 aliphatic carbocycles. The van der Waals surface area contributed by atoms with E-state index in [1.165, 1.54) is 38.4 Å². The Labute approximate surface area is 179 Å². The van der Waals surface area contributed by atoms with Crippen molar-refractivity contribution >= 4 is 15.8 Å². The van der Waals surface area contributed by atoms with Crippen LogP contribution in [0.2, 0.25) is 0 Å². The Kier molecular flexibility index (Phi) is 17.8. The lowest BCUT2D eigenvalue weighted by molar-refractivity contribution is -0.137. The number of sulfone groups is 1. The maximum atomic E-state index is 12.2. The van der Waals surface area contributed by atoms with E-state index >= 15 is 0 Å². The van der Waals surface area contributed by atoms with Crippen molar-refractivity contribution in [2.75, 3.05) is 12.9 Å². The fourth-order valence-corrected chi connectivity index (χ4v) is 4.87. The largest absolute Gasteiger partial charge is 0.481 e. The summed E-state index contributed by atoms with van der Waals surface area (Å²) < 4.78 is 30.4. The highest BCUT2D eigenvalue weighted by molar-refractivity contribution is 7.91. The van der Waals surface area contributed by atoms with Crippen molar-refractivity contribution in [3.8, 4) is 0 Å². The molecule has 0 rings (SSSR count). The molecule has 0 aromatic heterocycles. The van der Waals surface area contributed by atoms with E-state index in [2.05, 4.69) is 13.8 Å². The molecule has 0 amide bonds. The van der Waals surface area contributed by atoms with Crippen LogP contribution in [0.15, 0.2) is 0 Å². The van der Waals surface area contributed by atoms with Gasteiger partial charge >= 0.3 is 5.97 Å². The Hall–Kier alpha value is -0.620. The molecule has 0 aromatic rings. The van der Waals surface area contributed by atoms with Crippen LogP contribution >= 0.6 is 0 Å². The Morgan fingerprint density at radius 3 is 1.97 bits per heavy atom. The molecule has 0 heterocycles. The van der Waals surface area contributed by atoms with Crippen LogP contribution in [0, 0.1) is 0 Å². The summed E-state index contributed by atoms with van der Waals surface area (Å²) in [6, 6.07) is 0. The van der Waals surface area contributed by atoms with Crippen molar-refractivity contribution in [3.05, 3.63) is 0 Å². The molecule has 0 aliphatic rings. The van der Waals surface area contributed by atoms with Crippen LogP contribution in [-0.2, 0) is 19.4 Å². The van der Waals surface area contributed by atoms with E-state index in [0.717, 1.165) is 51.6 Å². The summed E-state index contributed by atoms with van der Waals surface area (Å²) in [5.41, 5.74) is 0. The van der Waals surface area contributed by atoms with Crippen LogP contribution in [0.3, 0.4) is 0 Å². The first-order valence-electron chi connectivity index (χ1n) is 11.8. The first-order valence-corrected chi connectivity index (χ1v) is 13.8. The van der Waals surface area contributed by atoms with Gasteiger partial charge in [-0.05, 0) is 44.9 Å². The first-order chi connectivity index (χ1) is 13.8. The second-order valence-corrected chi connectivity index (χ2v) is 10.8. The van der Waals surface area contributed by atoms with Gasteiger partial charge in [-0.3, -0.25) is 4.79 Å². The van der Waals surface area contributed by atoms with Crippen LogP contribution in [-0.4, -0.2) is 43.7 Å². The summed E-state index contributed by atoms with van der Waals surface area (Å²) in [5, 5.41) is 8.39. The number of rotatable bonds is 21. The molecule has 174 valence electrons. The van der Waals surface area contributed by atoms with Crippen molar-refractivity contribution in [3.63, 3.8) is 0 Å². The second kappa shape index (κ2) is 18.2. The van der Waals surface area contributed by atoms with E-state index < -0.39 is 15.8 Å². The maximum Gasteiger partial charge on any atom is 0.303 e. The number of aliphatic carboxylic acids is 1. The molecule has 0 fully saturated rings. The molecule has 2 unspecified atom stereocenters. The molecule has 0 radical (unpaired) electrons. The lowest BCUT2D eigenvalue weighted by atomic mass is 10.0. The Morgan fingerprint density at radius 1 is 0.793 bits per heavy atom. The zero-order valence-corrected chi connectivity index (χ0v) is 20.0. The van der Waals surface area contributed by atoms with Gasteiger partial charge in [0.15, 0.2) is 0 Å². The molecule has 0 aliphatic heterocycles. The van der Waals surface area contributed by atoms with Gasteiger partial charge in [0.25, 0.3) is 0 Å².